The van der Waals surface area contributed by atoms with Gasteiger partial charge in [-0.1, -0.05) is 0 Å². The molecule has 0 aliphatic carbocycles. The molecule has 2 rings (SSSR count). The molecule has 1 aliphatic heterocycles. The molecule has 0 spiro atoms. The second-order valence-corrected chi connectivity index (χ2v) is 9.32. The molecule has 32 heavy (non-hydrogen) atoms. The van der Waals surface area contributed by atoms with Gasteiger partial charge in [0.25, 0.3) is 6.10 Å². The molecular weight excluding hydrogens is 472 g/mol. The third-order valence-electron chi connectivity index (χ3n) is 4.94. The Hall–Kier alpha value is -2.51. The first-order chi connectivity index (χ1) is 14.6. The van der Waals surface area contributed by atoms with Crippen molar-refractivity contribution in [3.05, 3.63) is 29.8 Å². The minimum atomic E-state index is -5.80. The number of benzene rings is 1. The van der Waals surface area contributed by atoms with E-state index in [-0.39, 0.29) is 54.5 Å². The Labute approximate surface area is 178 Å². The molecule has 0 aromatic heterocycles. The summed E-state index contributed by atoms with van der Waals surface area (Å²) in [5.41, 5.74) is -0.0820. The maximum atomic E-state index is 12.5. The van der Waals surface area contributed by atoms with Gasteiger partial charge in [-0.25, -0.2) is 18.0 Å². The van der Waals surface area contributed by atoms with E-state index < -0.39 is 40.4 Å². The number of carbonyl (C=O) groups excluding carboxylic acids is 1. The van der Waals surface area contributed by atoms with E-state index in [1.165, 1.54) is 0 Å². The van der Waals surface area contributed by atoms with Gasteiger partial charge in [0.2, 0.25) is 0 Å². The van der Waals surface area contributed by atoms with Gasteiger partial charge in [0, 0.05) is 13.1 Å². The molecule has 1 fully saturated rings. The minimum absolute atomic E-state index is 0.0751. The van der Waals surface area contributed by atoms with Gasteiger partial charge in [-0.3, -0.25) is 0 Å². The van der Waals surface area contributed by atoms with Crippen molar-refractivity contribution in [1.82, 2.24) is 4.90 Å². The van der Waals surface area contributed by atoms with Crippen LogP contribution in [0.15, 0.2) is 29.2 Å². The van der Waals surface area contributed by atoms with Crippen molar-refractivity contribution in [2.24, 2.45) is 5.92 Å². The van der Waals surface area contributed by atoms with Crippen molar-refractivity contribution in [3.8, 4) is 0 Å². The molecule has 7 nitrogen and oxygen atoms in total. The third-order valence-corrected chi connectivity index (χ3v) is 6.70. The van der Waals surface area contributed by atoms with Gasteiger partial charge in [-0.05, 0) is 49.4 Å². The number of likely N-dealkylation sites (tertiary alicyclic amines) is 1. The summed E-state index contributed by atoms with van der Waals surface area (Å²) in [7, 11) is -3.73. The highest BCUT2D eigenvalue weighted by Gasteiger charge is 2.60. The topological polar surface area (TPSA) is 101 Å². The van der Waals surface area contributed by atoms with Crippen LogP contribution >= 0.6 is 0 Å². The number of aromatic carboxylic acids is 1. The predicted molar refractivity (Wildman–Crippen MR) is 96.7 cm³/mol. The maximum absolute atomic E-state index is 12.5. The molecule has 0 radical (unpaired) electrons. The molecule has 0 saturated carbocycles. The molecule has 0 atom stereocenters. The number of sulfone groups is 1. The zero-order chi connectivity index (χ0) is 24.3. The quantitative estimate of drug-likeness (QED) is 0.606. The van der Waals surface area contributed by atoms with Crippen molar-refractivity contribution in [2.45, 2.75) is 42.6 Å². The van der Waals surface area contributed by atoms with E-state index in [1.807, 2.05) is 0 Å². The van der Waals surface area contributed by atoms with Crippen LogP contribution in [0.25, 0.3) is 0 Å². The molecule has 1 aromatic carbocycles. The molecule has 180 valence electrons. The fourth-order valence-electron chi connectivity index (χ4n) is 3.14. The average Bonchev–Trinajstić information content (AvgIpc) is 2.69. The summed E-state index contributed by atoms with van der Waals surface area (Å²) in [4.78, 5) is 23.2. The highest BCUT2D eigenvalue weighted by atomic mass is 32.2. The van der Waals surface area contributed by atoms with E-state index in [0.717, 1.165) is 29.2 Å². The summed E-state index contributed by atoms with van der Waals surface area (Å²) < 4.78 is 104. The zero-order valence-corrected chi connectivity index (χ0v) is 17.1. The van der Waals surface area contributed by atoms with Crippen LogP contribution in [-0.2, 0) is 14.6 Å². The molecule has 1 heterocycles. The number of nitrogens with zero attached hydrogens (tertiary/aromatic N) is 1. The number of alkyl halides is 6. The van der Waals surface area contributed by atoms with E-state index in [1.54, 1.807) is 0 Å². The first-order valence-electron chi connectivity index (χ1n) is 9.26. The average molecular weight is 491 g/mol. The molecule has 1 amide bonds. The lowest BCUT2D eigenvalue weighted by atomic mass is 9.95. The minimum Gasteiger partial charge on any atom is -0.478 e. The molecular formula is C18H19F6NO6S. The molecule has 1 aromatic rings. The highest BCUT2D eigenvalue weighted by Crippen LogP contribution is 2.36. The van der Waals surface area contributed by atoms with Crippen molar-refractivity contribution in [3.63, 3.8) is 0 Å². The number of carbonyl (C=O) groups is 2. The number of carboxylic acids is 1. The van der Waals surface area contributed by atoms with E-state index >= 15 is 0 Å². The van der Waals surface area contributed by atoms with Crippen LogP contribution in [0, 0.1) is 5.92 Å². The van der Waals surface area contributed by atoms with Crippen molar-refractivity contribution in [1.29, 1.82) is 0 Å². The second-order valence-electron chi connectivity index (χ2n) is 7.21. The molecule has 14 heteroatoms. The van der Waals surface area contributed by atoms with Crippen LogP contribution in [-0.4, -0.2) is 67.8 Å². The smallest absolute Gasteiger partial charge is 0.434 e. The lowest BCUT2D eigenvalue weighted by Gasteiger charge is -2.33. The van der Waals surface area contributed by atoms with Crippen molar-refractivity contribution in [2.75, 3.05) is 18.8 Å². The predicted octanol–water partition coefficient (Wildman–Crippen LogP) is 3.89. The van der Waals surface area contributed by atoms with E-state index in [0.29, 0.717) is 0 Å². The van der Waals surface area contributed by atoms with Gasteiger partial charge >= 0.3 is 24.4 Å². The number of ether oxygens (including phenoxy) is 1. The monoisotopic (exact) mass is 491 g/mol. The number of carboxylic acid groups (broad SMARTS) is 1. The van der Waals surface area contributed by atoms with Gasteiger partial charge < -0.3 is 14.7 Å². The highest BCUT2D eigenvalue weighted by molar-refractivity contribution is 7.91. The Morgan fingerprint density at radius 1 is 1.03 bits per heavy atom. The second kappa shape index (κ2) is 9.55. The van der Waals surface area contributed by atoms with Crippen LogP contribution < -0.4 is 0 Å². The molecule has 1 saturated heterocycles. The van der Waals surface area contributed by atoms with Crippen LogP contribution in [0.3, 0.4) is 0 Å². The summed E-state index contributed by atoms with van der Waals surface area (Å²) in [6.07, 6.45) is -17.1. The van der Waals surface area contributed by atoms with Gasteiger partial charge in [0.15, 0.2) is 9.84 Å². The number of hydrogen-bond acceptors (Lipinski definition) is 5. The summed E-state index contributed by atoms with van der Waals surface area (Å²) in [6, 6.07) is 4.62. The Kier molecular flexibility index (Phi) is 7.68. The van der Waals surface area contributed by atoms with Crippen molar-refractivity contribution < 1.29 is 54.2 Å². The van der Waals surface area contributed by atoms with E-state index in [4.69, 9.17) is 5.11 Å². The Morgan fingerprint density at radius 3 is 1.97 bits per heavy atom. The summed E-state index contributed by atoms with van der Waals surface area (Å²) in [5.74, 6) is -1.73. The summed E-state index contributed by atoms with van der Waals surface area (Å²) in [6.45, 7) is -0.363. The number of halogens is 6. The SMILES string of the molecule is O=C(O)c1ccc(S(=O)(=O)CCC2CCN(C(=O)OC(C(F)(F)F)C(F)(F)F)CC2)cc1. The Balaban J connectivity index is 1.88. The fraction of sp³-hybridized carbons (Fsp3) is 0.556. The molecule has 1 N–H and O–H groups in total. The zero-order valence-electron chi connectivity index (χ0n) is 16.3. The number of hydrogen-bond donors (Lipinski definition) is 1. The third kappa shape index (κ3) is 6.74. The number of amides is 1. The van der Waals surface area contributed by atoms with Crippen LogP contribution in [0.5, 0.6) is 0 Å². The van der Waals surface area contributed by atoms with E-state index in [9.17, 15) is 44.3 Å². The standard InChI is InChI=1S/C18H19F6NO6S/c19-17(20,21)15(18(22,23)24)31-16(28)25-8-5-11(6-9-25)7-10-32(29,30)13-3-1-12(2-4-13)14(26)27/h1-4,11,15H,5-10H2,(H,26,27). The number of rotatable bonds is 6. The normalized spacial score (nSPS) is 16.3. The maximum Gasteiger partial charge on any atom is 0.434 e. The molecule has 1 aliphatic rings. The Bertz CT molecular complexity index is 907. The van der Waals surface area contributed by atoms with E-state index in [2.05, 4.69) is 4.74 Å². The lowest BCUT2D eigenvalue weighted by Crippen LogP contribution is -2.49. The first kappa shape index (κ1) is 25.7. The van der Waals surface area contributed by atoms with Crippen LogP contribution in [0.4, 0.5) is 31.1 Å². The summed E-state index contributed by atoms with van der Waals surface area (Å²) >= 11 is 0. The largest absolute Gasteiger partial charge is 0.478 e. The first-order valence-corrected chi connectivity index (χ1v) is 10.9. The molecule has 0 unspecified atom stereocenters. The van der Waals surface area contributed by atoms with Gasteiger partial charge in [0.1, 0.15) is 0 Å². The van der Waals surface area contributed by atoms with Gasteiger partial charge in [-0.2, -0.15) is 26.3 Å². The summed E-state index contributed by atoms with van der Waals surface area (Å²) in [5, 5.41) is 8.84. The lowest BCUT2D eigenvalue weighted by molar-refractivity contribution is -0.308. The van der Waals surface area contributed by atoms with Crippen LogP contribution in [0.1, 0.15) is 29.6 Å². The number of piperidine rings is 1. The van der Waals surface area contributed by atoms with Gasteiger partial charge in [-0.15, -0.1) is 0 Å². The fourth-order valence-corrected chi connectivity index (χ4v) is 4.57. The van der Waals surface area contributed by atoms with Crippen LogP contribution in [0.2, 0.25) is 0 Å². The van der Waals surface area contributed by atoms with Gasteiger partial charge in [0.05, 0.1) is 16.2 Å². The molecule has 0 bridgehead atoms. The van der Waals surface area contributed by atoms with Crippen molar-refractivity contribution >= 4 is 21.9 Å². The Morgan fingerprint density at radius 2 is 1.53 bits per heavy atom.